The van der Waals surface area contributed by atoms with Crippen molar-refractivity contribution < 1.29 is 33.7 Å². The van der Waals surface area contributed by atoms with Crippen molar-refractivity contribution in [2.45, 2.75) is 85.0 Å². The van der Waals surface area contributed by atoms with Gasteiger partial charge < -0.3 is 19.3 Å². The van der Waals surface area contributed by atoms with Gasteiger partial charge in [0, 0.05) is 23.6 Å². The Bertz CT molecular complexity index is 755. The van der Waals surface area contributed by atoms with E-state index in [1.165, 1.54) is 0 Å². The summed E-state index contributed by atoms with van der Waals surface area (Å²) in [4.78, 5) is 36.5. The maximum Gasteiger partial charge on any atom is 0.332 e. The number of aliphatic hydroxyl groups is 1. The first-order valence-corrected chi connectivity index (χ1v) is 11.6. The predicted octanol–water partition coefficient (Wildman–Crippen LogP) is 4.09. The fraction of sp³-hybridized carbons (Fsp3) is 0.720. The monoisotopic (exact) mass is 450 g/mol. The number of rotatable bonds is 11. The van der Waals surface area contributed by atoms with E-state index in [0.717, 1.165) is 37.5 Å². The van der Waals surface area contributed by atoms with Gasteiger partial charge in [-0.05, 0) is 37.0 Å². The van der Waals surface area contributed by atoms with Crippen molar-refractivity contribution in [3.63, 3.8) is 0 Å². The summed E-state index contributed by atoms with van der Waals surface area (Å²) in [6.07, 6.45) is 6.82. The first-order chi connectivity index (χ1) is 15.0. The molecule has 2 aliphatic carbocycles. The molecule has 2 rings (SSSR count). The average molecular weight is 451 g/mol. The lowest BCUT2D eigenvalue weighted by molar-refractivity contribution is -0.290. The third-order valence-corrected chi connectivity index (χ3v) is 7.74. The highest BCUT2D eigenvalue weighted by molar-refractivity contribution is 5.91. The Labute approximate surface area is 191 Å². The minimum Gasteiger partial charge on any atom is -0.463 e. The van der Waals surface area contributed by atoms with Gasteiger partial charge in [-0.1, -0.05) is 54.0 Å². The third kappa shape index (κ3) is 4.63. The van der Waals surface area contributed by atoms with Crippen molar-refractivity contribution in [2.75, 3.05) is 6.61 Å². The lowest BCUT2D eigenvalue weighted by atomic mass is 9.68. The van der Waals surface area contributed by atoms with Crippen LogP contribution in [0.3, 0.4) is 0 Å². The van der Waals surface area contributed by atoms with E-state index in [1.54, 1.807) is 0 Å². The molecule has 2 bridgehead atoms. The van der Waals surface area contributed by atoms with Gasteiger partial charge >= 0.3 is 17.9 Å². The summed E-state index contributed by atoms with van der Waals surface area (Å²) in [5.41, 5.74) is -1.05. The summed E-state index contributed by atoms with van der Waals surface area (Å²) in [5.74, 6) is -4.41. The van der Waals surface area contributed by atoms with Crippen LogP contribution in [-0.2, 0) is 28.6 Å². The van der Waals surface area contributed by atoms with Crippen LogP contribution in [-0.4, -0.2) is 41.5 Å². The number of esters is 3. The molecule has 0 saturated heterocycles. The van der Waals surface area contributed by atoms with Gasteiger partial charge in [-0.25, -0.2) is 14.4 Å². The summed E-state index contributed by atoms with van der Waals surface area (Å²) < 4.78 is 16.4. The van der Waals surface area contributed by atoms with E-state index < -0.39 is 41.1 Å². The molecule has 2 unspecified atom stereocenters. The summed E-state index contributed by atoms with van der Waals surface area (Å²) in [7, 11) is 0. The number of carbonyl (C=O) groups excluding carboxylic acids is 3. The van der Waals surface area contributed by atoms with Crippen LogP contribution < -0.4 is 0 Å². The highest BCUT2D eigenvalue weighted by atomic mass is 16.7. The molecule has 7 heteroatoms. The molecule has 180 valence electrons. The van der Waals surface area contributed by atoms with E-state index in [0.29, 0.717) is 25.9 Å². The van der Waals surface area contributed by atoms with Gasteiger partial charge in [-0.3, -0.25) is 0 Å². The van der Waals surface area contributed by atoms with Crippen molar-refractivity contribution in [3.8, 4) is 0 Å². The van der Waals surface area contributed by atoms with Gasteiger partial charge in [-0.2, -0.15) is 0 Å². The molecular formula is C25H38O7. The van der Waals surface area contributed by atoms with Crippen molar-refractivity contribution >= 4 is 17.9 Å². The van der Waals surface area contributed by atoms with E-state index in [4.69, 9.17) is 14.2 Å². The molecule has 0 aromatic heterocycles. The largest absolute Gasteiger partial charge is 0.463 e. The van der Waals surface area contributed by atoms with Crippen LogP contribution in [0.2, 0.25) is 0 Å². The number of hydrogen-bond donors (Lipinski definition) is 1. The smallest absolute Gasteiger partial charge is 0.332 e. The van der Waals surface area contributed by atoms with E-state index >= 15 is 0 Å². The summed E-state index contributed by atoms with van der Waals surface area (Å²) >= 11 is 0. The Morgan fingerprint density at radius 1 is 1.09 bits per heavy atom. The normalized spacial score (nSPS) is 31.3. The Hall–Kier alpha value is -2.15. The molecule has 32 heavy (non-hydrogen) atoms. The minimum atomic E-state index is -1.80. The van der Waals surface area contributed by atoms with Crippen LogP contribution in [0.1, 0.15) is 73.1 Å². The number of unbranched alkanes of at least 4 members (excludes halogenated alkanes) is 1. The van der Waals surface area contributed by atoms with E-state index in [2.05, 4.69) is 20.4 Å². The zero-order valence-corrected chi connectivity index (χ0v) is 20.0. The van der Waals surface area contributed by atoms with Crippen molar-refractivity contribution in [1.82, 2.24) is 0 Å². The lowest BCUT2D eigenvalue weighted by Gasteiger charge is -2.47. The lowest BCUT2D eigenvalue weighted by Crippen LogP contribution is -2.57. The predicted molar refractivity (Wildman–Crippen MR) is 119 cm³/mol. The Balaban J connectivity index is 2.26. The van der Waals surface area contributed by atoms with Crippen LogP contribution in [0.25, 0.3) is 0 Å². The molecule has 0 aliphatic heterocycles. The molecule has 5 atom stereocenters. The van der Waals surface area contributed by atoms with Gasteiger partial charge in [0.05, 0.1) is 12.5 Å². The number of fused-ring (bicyclic) bond motifs is 2. The first-order valence-electron chi connectivity index (χ1n) is 11.6. The second-order valence-corrected chi connectivity index (χ2v) is 9.66. The molecule has 0 radical (unpaired) electrons. The zero-order valence-electron chi connectivity index (χ0n) is 20.0. The molecule has 7 nitrogen and oxygen atoms in total. The topological polar surface area (TPSA) is 99.1 Å². The van der Waals surface area contributed by atoms with E-state index in [-0.39, 0.29) is 11.3 Å². The summed E-state index contributed by atoms with van der Waals surface area (Å²) in [5, 5.41) is 11.8. The van der Waals surface area contributed by atoms with Gasteiger partial charge in [-0.15, -0.1) is 0 Å². The molecule has 0 aromatic carbocycles. The quantitative estimate of drug-likeness (QED) is 0.166. The van der Waals surface area contributed by atoms with Gasteiger partial charge in [0.2, 0.25) is 5.79 Å². The minimum absolute atomic E-state index is 0.0116. The molecule has 2 aliphatic rings. The van der Waals surface area contributed by atoms with Crippen LogP contribution in [0, 0.1) is 22.7 Å². The van der Waals surface area contributed by atoms with E-state index in [1.807, 2.05) is 20.8 Å². The molecule has 2 fully saturated rings. The summed E-state index contributed by atoms with van der Waals surface area (Å²) in [6.45, 7) is 13.8. The number of ether oxygens (including phenoxy) is 3. The fourth-order valence-electron chi connectivity index (χ4n) is 5.62. The molecule has 0 spiro atoms. The van der Waals surface area contributed by atoms with Crippen LogP contribution in [0.5, 0.6) is 0 Å². The van der Waals surface area contributed by atoms with Gasteiger partial charge in [0.25, 0.3) is 0 Å². The maximum absolute atomic E-state index is 12.5. The number of carbonyl (C=O) groups is 3. The van der Waals surface area contributed by atoms with Gasteiger partial charge in [0.15, 0.2) is 0 Å². The SMILES string of the molecule is C=CC(=O)O[C@]1(O)C(C(CCC)OC(=O)/C=C\C(=O)OCCCC)[C@H]2CC[C@]1(C)C2(C)C. The maximum atomic E-state index is 12.5. The Morgan fingerprint density at radius 3 is 2.34 bits per heavy atom. The Morgan fingerprint density at radius 2 is 1.75 bits per heavy atom. The standard InChI is InChI=1S/C25H38O7/c1-7-10-16-30-20(27)12-13-21(28)31-18(11-8-2)22-17-14-15-24(6,23(17,4)5)25(22,29)32-19(26)9-3/h9,12-13,17-18,22,29H,3,7-8,10-11,14-16H2,1-2,4-6H3/b13-12-/t17-,18?,22?,24-,25-/m1/s1. The molecule has 0 heterocycles. The first kappa shape index (κ1) is 26.1. The zero-order chi connectivity index (χ0) is 24.2. The highest BCUT2D eigenvalue weighted by Crippen LogP contribution is 2.73. The Kier molecular flexibility index (Phi) is 8.32. The van der Waals surface area contributed by atoms with Crippen LogP contribution >= 0.6 is 0 Å². The molecule has 0 amide bonds. The molecule has 1 N–H and O–H groups in total. The molecule has 0 aromatic rings. The second kappa shape index (κ2) is 10.2. The molecular weight excluding hydrogens is 412 g/mol. The van der Waals surface area contributed by atoms with Crippen LogP contribution in [0.4, 0.5) is 0 Å². The van der Waals surface area contributed by atoms with Crippen molar-refractivity contribution in [3.05, 3.63) is 24.8 Å². The van der Waals surface area contributed by atoms with Gasteiger partial charge in [0.1, 0.15) is 6.10 Å². The van der Waals surface area contributed by atoms with Crippen molar-refractivity contribution in [1.29, 1.82) is 0 Å². The second-order valence-electron chi connectivity index (χ2n) is 9.66. The average Bonchev–Trinajstić information content (AvgIpc) is 3.03. The summed E-state index contributed by atoms with van der Waals surface area (Å²) in [6, 6.07) is 0. The van der Waals surface area contributed by atoms with Crippen LogP contribution in [0.15, 0.2) is 24.8 Å². The third-order valence-electron chi connectivity index (χ3n) is 7.74. The van der Waals surface area contributed by atoms with E-state index in [9.17, 15) is 19.5 Å². The number of hydrogen-bond acceptors (Lipinski definition) is 7. The van der Waals surface area contributed by atoms with Crippen molar-refractivity contribution in [2.24, 2.45) is 22.7 Å². The highest BCUT2D eigenvalue weighted by Gasteiger charge is 2.77. The molecule has 2 saturated carbocycles. The fourth-order valence-corrected chi connectivity index (χ4v) is 5.62.